The predicted molar refractivity (Wildman–Crippen MR) is 57.4 cm³/mol. The lowest BCUT2D eigenvalue weighted by molar-refractivity contribution is 0.418. The van der Waals surface area contributed by atoms with E-state index in [1.54, 1.807) is 12.1 Å². The fraction of sp³-hybridized carbons (Fsp3) is 0.455. The second-order valence-corrected chi connectivity index (χ2v) is 4.45. The van der Waals surface area contributed by atoms with Gasteiger partial charge in [-0.1, -0.05) is 0 Å². The number of benzene rings is 1. The highest BCUT2D eigenvalue weighted by atomic mass is 19.1. The van der Waals surface area contributed by atoms with E-state index in [-0.39, 0.29) is 11.4 Å². The van der Waals surface area contributed by atoms with Crippen molar-refractivity contribution in [1.29, 1.82) is 0 Å². The Kier molecular flexibility index (Phi) is 3.11. The first kappa shape index (κ1) is 11.0. The molecule has 0 aliphatic heterocycles. The van der Waals surface area contributed by atoms with E-state index >= 15 is 0 Å². The summed E-state index contributed by atoms with van der Waals surface area (Å²) in [6.45, 7) is 6.62. The van der Waals surface area contributed by atoms with Gasteiger partial charge in [0.05, 0.1) is 0 Å². The van der Waals surface area contributed by atoms with Crippen molar-refractivity contribution < 1.29 is 4.39 Å². The molecule has 1 aromatic carbocycles. The van der Waals surface area contributed by atoms with Crippen molar-refractivity contribution in [2.24, 2.45) is 0 Å². The second-order valence-electron chi connectivity index (χ2n) is 4.45. The number of nitrogens with two attached hydrogens (primary N) is 1. The van der Waals surface area contributed by atoms with Crippen LogP contribution >= 0.6 is 0 Å². The number of rotatable bonds is 2. The Hall–Kier alpha value is -1.09. The lowest BCUT2D eigenvalue weighted by Crippen LogP contribution is -2.35. The SMILES string of the molecule is CC(C)(C)NCc1cc(N)ccc1F. The maximum atomic E-state index is 13.2. The molecule has 0 bridgehead atoms. The molecule has 0 unspecified atom stereocenters. The van der Waals surface area contributed by atoms with Crippen LogP contribution in [0.4, 0.5) is 10.1 Å². The zero-order valence-electron chi connectivity index (χ0n) is 8.89. The first-order valence-electron chi connectivity index (χ1n) is 4.67. The molecule has 0 saturated carbocycles. The van der Waals surface area contributed by atoms with E-state index in [2.05, 4.69) is 5.32 Å². The maximum absolute atomic E-state index is 13.2. The van der Waals surface area contributed by atoms with Gasteiger partial charge in [0.2, 0.25) is 0 Å². The van der Waals surface area contributed by atoms with Gasteiger partial charge in [0, 0.05) is 23.3 Å². The molecule has 1 rings (SSSR count). The van der Waals surface area contributed by atoms with Gasteiger partial charge in [-0.05, 0) is 39.0 Å². The quantitative estimate of drug-likeness (QED) is 0.712. The molecule has 0 aliphatic rings. The van der Waals surface area contributed by atoms with Gasteiger partial charge in [-0.2, -0.15) is 0 Å². The van der Waals surface area contributed by atoms with Crippen LogP contribution in [0, 0.1) is 5.82 Å². The number of nitrogens with one attached hydrogen (secondary N) is 1. The molecule has 0 aliphatic carbocycles. The van der Waals surface area contributed by atoms with Crippen LogP contribution in [0.25, 0.3) is 0 Å². The van der Waals surface area contributed by atoms with Crippen LogP contribution in [0.3, 0.4) is 0 Å². The molecule has 78 valence electrons. The fourth-order valence-electron chi connectivity index (χ4n) is 1.09. The summed E-state index contributed by atoms with van der Waals surface area (Å²) < 4.78 is 13.2. The minimum atomic E-state index is -0.212. The average Bonchev–Trinajstić information content (AvgIpc) is 2.05. The van der Waals surface area contributed by atoms with Gasteiger partial charge < -0.3 is 11.1 Å². The maximum Gasteiger partial charge on any atom is 0.127 e. The number of anilines is 1. The van der Waals surface area contributed by atoms with Crippen molar-refractivity contribution in [3.8, 4) is 0 Å². The Morgan fingerprint density at radius 1 is 1.36 bits per heavy atom. The molecule has 14 heavy (non-hydrogen) atoms. The van der Waals surface area contributed by atoms with Gasteiger partial charge in [-0.25, -0.2) is 4.39 Å². The summed E-state index contributed by atoms with van der Waals surface area (Å²) in [5, 5.41) is 3.21. The summed E-state index contributed by atoms with van der Waals surface area (Å²) in [6, 6.07) is 4.62. The molecule has 3 heteroatoms. The first-order chi connectivity index (χ1) is 6.38. The number of halogens is 1. The Bertz CT molecular complexity index is 316. The average molecular weight is 196 g/mol. The van der Waals surface area contributed by atoms with Crippen LogP contribution in [-0.2, 0) is 6.54 Å². The molecular weight excluding hydrogens is 179 g/mol. The van der Waals surface area contributed by atoms with Gasteiger partial charge in [0.25, 0.3) is 0 Å². The van der Waals surface area contributed by atoms with Crippen LogP contribution in [0.5, 0.6) is 0 Å². The Morgan fingerprint density at radius 3 is 2.57 bits per heavy atom. The minimum absolute atomic E-state index is 0.0168. The summed E-state index contributed by atoms with van der Waals surface area (Å²) in [5.74, 6) is -0.212. The van der Waals surface area contributed by atoms with E-state index in [0.717, 1.165) is 0 Å². The summed E-state index contributed by atoms with van der Waals surface area (Å²) in [5.41, 5.74) is 6.76. The molecule has 0 spiro atoms. The number of hydrogen-bond donors (Lipinski definition) is 2. The minimum Gasteiger partial charge on any atom is -0.399 e. The van der Waals surface area contributed by atoms with E-state index in [4.69, 9.17) is 5.73 Å². The fourth-order valence-corrected chi connectivity index (χ4v) is 1.09. The van der Waals surface area contributed by atoms with Crippen LogP contribution < -0.4 is 11.1 Å². The Morgan fingerprint density at radius 2 is 2.00 bits per heavy atom. The topological polar surface area (TPSA) is 38.0 Å². The monoisotopic (exact) mass is 196 g/mol. The van der Waals surface area contributed by atoms with Gasteiger partial charge in [-0.3, -0.25) is 0 Å². The van der Waals surface area contributed by atoms with E-state index in [9.17, 15) is 4.39 Å². The molecule has 0 amide bonds. The predicted octanol–water partition coefficient (Wildman–Crippen LogP) is 2.30. The summed E-state index contributed by atoms with van der Waals surface area (Å²) in [6.07, 6.45) is 0. The Labute approximate surface area is 84.3 Å². The van der Waals surface area contributed by atoms with E-state index < -0.39 is 0 Å². The third-order valence-corrected chi connectivity index (χ3v) is 1.88. The zero-order chi connectivity index (χ0) is 10.8. The van der Waals surface area contributed by atoms with Crippen molar-refractivity contribution in [2.45, 2.75) is 32.9 Å². The molecule has 0 fully saturated rings. The first-order valence-corrected chi connectivity index (χ1v) is 4.67. The van der Waals surface area contributed by atoms with E-state index in [1.165, 1.54) is 6.07 Å². The van der Waals surface area contributed by atoms with E-state index in [0.29, 0.717) is 17.8 Å². The molecular formula is C11H17FN2. The lowest BCUT2D eigenvalue weighted by Gasteiger charge is -2.20. The van der Waals surface area contributed by atoms with Crippen molar-refractivity contribution in [2.75, 3.05) is 5.73 Å². The van der Waals surface area contributed by atoms with Crippen molar-refractivity contribution in [3.05, 3.63) is 29.6 Å². The van der Waals surface area contributed by atoms with Crippen LogP contribution in [0.1, 0.15) is 26.3 Å². The van der Waals surface area contributed by atoms with Crippen LogP contribution in [-0.4, -0.2) is 5.54 Å². The van der Waals surface area contributed by atoms with Crippen molar-refractivity contribution in [3.63, 3.8) is 0 Å². The standard InChI is InChI=1S/C11H17FN2/c1-11(2,3)14-7-8-6-9(13)4-5-10(8)12/h4-6,14H,7,13H2,1-3H3. The second kappa shape index (κ2) is 3.96. The highest BCUT2D eigenvalue weighted by molar-refractivity contribution is 5.41. The van der Waals surface area contributed by atoms with Crippen LogP contribution in [0.15, 0.2) is 18.2 Å². The third kappa shape index (κ3) is 3.34. The highest BCUT2D eigenvalue weighted by Crippen LogP contribution is 2.13. The lowest BCUT2D eigenvalue weighted by atomic mass is 10.1. The van der Waals surface area contributed by atoms with Crippen molar-refractivity contribution >= 4 is 5.69 Å². The summed E-state index contributed by atoms with van der Waals surface area (Å²) in [4.78, 5) is 0. The molecule has 0 heterocycles. The molecule has 3 N–H and O–H groups in total. The zero-order valence-corrected chi connectivity index (χ0v) is 8.89. The van der Waals surface area contributed by atoms with Gasteiger partial charge >= 0.3 is 0 Å². The molecule has 0 aromatic heterocycles. The third-order valence-electron chi connectivity index (χ3n) is 1.88. The molecule has 0 saturated heterocycles. The molecule has 1 aromatic rings. The normalized spacial score (nSPS) is 11.7. The smallest absolute Gasteiger partial charge is 0.127 e. The van der Waals surface area contributed by atoms with Gasteiger partial charge in [0.15, 0.2) is 0 Å². The summed E-state index contributed by atoms with van der Waals surface area (Å²) in [7, 11) is 0. The van der Waals surface area contributed by atoms with E-state index in [1.807, 2.05) is 20.8 Å². The number of hydrogen-bond acceptors (Lipinski definition) is 2. The molecule has 0 atom stereocenters. The molecule has 2 nitrogen and oxygen atoms in total. The Balaban J connectivity index is 2.72. The van der Waals surface area contributed by atoms with Gasteiger partial charge in [-0.15, -0.1) is 0 Å². The largest absolute Gasteiger partial charge is 0.399 e. The van der Waals surface area contributed by atoms with Gasteiger partial charge in [0.1, 0.15) is 5.82 Å². The highest BCUT2D eigenvalue weighted by Gasteiger charge is 2.10. The summed E-state index contributed by atoms with van der Waals surface area (Å²) >= 11 is 0. The van der Waals surface area contributed by atoms with Crippen LogP contribution in [0.2, 0.25) is 0 Å². The number of nitrogen functional groups attached to an aromatic ring is 1. The molecule has 0 radical (unpaired) electrons. The van der Waals surface area contributed by atoms with Crippen molar-refractivity contribution in [1.82, 2.24) is 5.32 Å².